The minimum atomic E-state index is -0.0716. The predicted octanol–water partition coefficient (Wildman–Crippen LogP) is 4.67. The lowest BCUT2D eigenvalue weighted by molar-refractivity contribution is 0.103. The van der Waals surface area contributed by atoms with E-state index in [9.17, 15) is 4.79 Å². The van der Waals surface area contributed by atoms with Crippen LogP contribution >= 0.6 is 34.2 Å². The van der Waals surface area contributed by atoms with Gasteiger partial charge >= 0.3 is 0 Å². The number of hydrogen-bond donors (Lipinski definition) is 1. The summed E-state index contributed by atoms with van der Waals surface area (Å²) in [4.78, 5) is 15.9. The van der Waals surface area contributed by atoms with E-state index < -0.39 is 0 Å². The van der Waals surface area contributed by atoms with Crippen LogP contribution in [0.2, 0.25) is 5.02 Å². The van der Waals surface area contributed by atoms with Crippen LogP contribution in [0.4, 0.5) is 0 Å². The molecule has 0 aliphatic rings. The largest absolute Gasteiger partial charge is 0.496 e. The first-order chi connectivity index (χ1) is 10.1. The summed E-state index contributed by atoms with van der Waals surface area (Å²) in [6, 6.07) is 10.9. The summed E-state index contributed by atoms with van der Waals surface area (Å²) in [7, 11) is 1.60. The maximum atomic E-state index is 12.8. The SMILES string of the molecule is COc1cccc2[nH]cc(C(=O)c3cc(Cl)ccc3I)c12. The Balaban J connectivity index is 2.20. The van der Waals surface area contributed by atoms with Crippen LogP contribution in [0, 0.1) is 3.57 Å². The number of hydrogen-bond acceptors (Lipinski definition) is 2. The number of benzene rings is 2. The lowest BCUT2D eigenvalue weighted by Gasteiger charge is -2.06. The van der Waals surface area contributed by atoms with Crippen LogP contribution in [0.5, 0.6) is 5.75 Å². The average molecular weight is 412 g/mol. The molecular formula is C16H11ClINO2. The van der Waals surface area contributed by atoms with Crippen LogP contribution in [-0.4, -0.2) is 17.9 Å². The van der Waals surface area contributed by atoms with Crippen molar-refractivity contribution in [3.05, 3.63) is 62.3 Å². The first-order valence-electron chi connectivity index (χ1n) is 6.25. The molecule has 21 heavy (non-hydrogen) atoms. The minimum absolute atomic E-state index is 0.0716. The zero-order valence-electron chi connectivity index (χ0n) is 11.1. The van der Waals surface area contributed by atoms with Crippen molar-refractivity contribution < 1.29 is 9.53 Å². The van der Waals surface area contributed by atoms with Crippen LogP contribution in [-0.2, 0) is 0 Å². The first kappa shape index (κ1) is 14.4. The number of ether oxygens (including phenoxy) is 1. The van der Waals surface area contributed by atoms with Crippen LogP contribution in [0.15, 0.2) is 42.6 Å². The van der Waals surface area contributed by atoms with Crippen molar-refractivity contribution in [1.82, 2.24) is 4.98 Å². The molecule has 3 rings (SSSR count). The number of H-pyrrole nitrogens is 1. The summed E-state index contributed by atoms with van der Waals surface area (Å²) >= 11 is 8.15. The molecule has 0 unspecified atom stereocenters. The normalized spacial score (nSPS) is 10.8. The summed E-state index contributed by atoms with van der Waals surface area (Å²) in [5.41, 5.74) is 2.05. The van der Waals surface area contributed by atoms with E-state index in [1.807, 2.05) is 24.3 Å². The number of ketones is 1. The third-order valence-corrected chi connectivity index (χ3v) is 4.48. The highest BCUT2D eigenvalue weighted by molar-refractivity contribution is 14.1. The number of methoxy groups -OCH3 is 1. The van der Waals surface area contributed by atoms with E-state index in [-0.39, 0.29) is 5.78 Å². The standard InChI is InChI=1S/C16H11ClINO2/c1-21-14-4-2-3-13-15(14)11(8-19-13)16(20)10-7-9(17)5-6-12(10)18/h2-8,19H,1H3. The monoisotopic (exact) mass is 411 g/mol. The van der Waals surface area contributed by atoms with Crippen LogP contribution in [0.3, 0.4) is 0 Å². The number of rotatable bonds is 3. The number of nitrogens with one attached hydrogen (secondary N) is 1. The van der Waals surface area contributed by atoms with E-state index in [1.165, 1.54) is 0 Å². The van der Waals surface area contributed by atoms with Gasteiger partial charge in [0, 0.05) is 25.9 Å². The van der Waals surface area contributed by atoms with Crippen LogP contribution < -0.4 is 4.74 Å². The number of fused-ring (bicyclic) bond motifs is 1. The van der Waals surface area contributed by atoms with Crippen molar-refractivity contribution in [3.8, 4) is 5.75 Å². The molecule has 0 radical (unpaired) electrons. The highest BCUT2D eigenvalue weighted by atomic mass is 127. The van der Waals surface area contributed by atoms with Crippen molar-refractivity contribution in [2.75, 3.05) is 7.11 Å². The van der Waals surface area contributed by atoms with Crippen molar-refractivity contribution in [3.63, 3.8) is 0 Å². The number of aromatic amines is 1. The second-order valence-corrected chi connectivity index (χ2v) is 6.14. The molecule has 3 aromatic rings. The Morgan fingerprint density at radius 2 is 2.05 bits per heavy atom. The number of halogens is 2. The Labute approximate surface area is 140 Å². The Bertz CT molecular complexity index is 841. The Morgan fingerprint density at radius 3 is 2.81 bits per heavy atom. The summed E-state index contributed by atoms with van der Waals surface area (Å²) in [6.07, 6.45) is 1.71. The molecule has 2 aromatic carbocycles. The highest BCUT2D eigenvalue weighted by Crippen LogP contribution is 2.31. The summed E-state index contributed by atoms with van der Waals surface area (Å²) < 4.78 is 6.23. The Hall–Kier alpha value is -1.53. The highest BCUT2D eigenvalue weighted by Gasteiger charge is 2.19. The van der Waals surface area contributed by atoms with Crippen molar-refractivity contribution in [2.24, 2.45) is 0 Å². The van der Waals surface area contributed by atoms with Crippen LogP contribution in [0.1, 0.15) is 15.9 Å². The molecule has 3 nitrogen and oxygen atoms in total. The van der Waals surface area contributed by atoms with Gasteiger partial charge in [0.25, 0.3) is 0 Å². The van der Waals surface area contributed by atoms with Gasteiger partial charge < -0.3 is 9.72 Å². The van der Waals surface area contributed by atoms with Crippen LogP contribution in [0.25, 0.3) is 10.9 Å². The molecule has 1 aromatic heterocycles. The topological polar surface area (TPSA) is 42.1 Å². The smallest absolute Gasteiger partial charge is 0.196 e. The third kappa shape index (κ3) is 2.53. The van der Waals surface area contributed by atoms with Gasteiger partial charge in [-0.2, -0.15) is 0 Å². The summed E-state index contributed by atoms with van der Waals surface area (Å²) in [6.45, 7) is 0. The maximum Gasteiger partial charge on any atom is 0.196 e. The molecule has 0 aliphatic heterocycles. The van der Waals surface area contributed by atoms with Gasteiger partial charge in [-0.1, -0.05) is 17.7 Å². The first-order valence-corrected chi connectivity index (χ1v) is 7.71. The fourth-order valence-corrected chi connectivity index (χ4v) is 3.07. The molecule has 0 atom stereocenters. The van der Waals surface area contributed by atoms with E-state index >= 15 is 0 Å². The number of carbonyl (C=O) groups excluding carboxylic acids is 1. The van der Waals surface area contributed by atoms with E-state index in [2.05, 4.69) is 27.6 Å². The van der Waals surface area contributed by atoms with Crippen molar-refractivity contribution in [1.29, 1.82) is 0 Å². The zero-order chi connectivity index (χ0) is 15.0. The van der Waals surface area contributed by atoms with Crippen molar-refractivity contribution in [2.45, 2.75) is 0 Å². The molecule has 0 fully saturated rings. The lowest BCUT2D eigenvalue weighted by Crippen LogP contribution is -2.03. The van der Waals surface area contributed by atoms with E-state index in [4.69, 9.17) is 16.3 Å². The van der Waals surface area contributed by atoms with Gasteiger partial charge in [-0.3, -0.25) is 4.79 Å². The second-order valence-electron chi connectivity index (χ2n) is 4.54. The van der Waals surface area contributed by atoms with Gasteiger partial charge in [0.05, 0.1) is 18.1 Å². The fraction of sp³-hybridized carbons (Fsp3) is 0.0625. The quantitative estimate of drug-likeness (QED) is 0.503. The lowest BCUT2D eigenvalue weighted by atomic mass is 10.0. The summed E-state index contributed by atoms with van der Waals surface area (Å²) in [5.74, 6) is 0.604. The zero-order valence-corrected chi connectivity index (χ0v) is 14.0. The molecule has 0 saturated heterocycles. The molecule has 0 amide bonds. The van der Waals surface area contributed by atoms with E-state index in [0.717, 1.165) is 14.5 Å². The van der Waals surface area contributed by atoms with Gasteiger partial charge in [-0.05, 0) is 52.9 Å². The molecule has 1 N–H and O–H groups in total. The molecule has 5 heteroatoms. The number of aromatic nitrogens is 1. The number of carbonyl (C=O) groups is 1. The molecule has 0 aliphatic carbocycles. The van der Waals surface area contributed by atoms with Crippen molar-refractivity contribution >= 4 is 50.9 Å². The molecule has 106 valence electrons. The molecule has 1 heterocycles. The molecule has 0 bridgehead atoms. The van der Waals surface area contributed by atoms with Gasteiger partial charge in [-0.15, -0.1) is 0 Å². The predicted molar refractivity (Wildman–Crippen MR) is 92.5 cm³/mol. The molecular weight excluding hydrogens is 401 g/mol. The van der Waals surface area contributed by atoms with Gasteiger partial charge in [-0.25, -0.2) is 0 Å². The van der Waals surface area contributed by atoms with Gasteiger partial charge in [0.15, 0.2) is 5.78 Å². The second kappa shape index (κ2) is 5.69. The average Bonchev–Trinajstić information content (AvgIpc) is 2.93. The Morgan fingerprint density at radius 1 is 1.24 bits per heavy atom. The van der Waals surface area contributed by atoms with Gasteiger partial charge in [0.1, 0.15) is 5.75 Å². The Kier molecular flexibility index (Phi) is 3.91. The van der Waals surface area contributed by atoms with Gasteiger partial charge in [0.2, 0.25) is 0 Å². The molecule has 0 saturated carbocycles. The maximum absolute atomic E-state index is 12.8. The molecule has 0 spiro atoms. The van der Waals surface area contributed by atoms with E-state index in [0.29, 0.717) is 21.9 Å². The fourth-order valence-electron chi connectivity index (χ4n) is 2.32. The summed E-state index contributed by atoms with van der Waals surface area (Å²) in [5, 5.41) is 1.34. The minimum Gasteiger partial charge on any atom is -0.496 e. The third-order valence-electron chi connectivity index (χ3n) is 3.31. The van der Waals surface area contributed by atoms with E-state index in [1.54, 1.807) is 25.4 Å².